The topological polar surface area (TPSA) is 79.8 Å². The fourth-order valence-electron chi connectivity index (χ4n) is 1.86. The molecular formula is C15H23F3IN3O3S. The van der Waals surface area contributed by atoms with E-state index in [0.29, 0.717) is 11.5 Å². The molecule has 11 heteroatoms. The number of rotatable bonds is 7. The molecule has 0 aliphatic rings. The summed E-state index contributed by atoms with van der Waals surface area (Å²) in [6.45, 7) is 0.726. The molecule has 0 radical (unpaired) electrons. The zero-order chi connectivity index (χ0) is 19.1. The maximum Gasteiger partial charge on any atom is 0.422 e. The first-order chi connectivity index (χ1) is 11.5. The van der Waals surface area contributed by atoms with Gasteiger partial charge in [0.25, 0.3) is 0 Å². The van der Waals surface area contributed by atoms with Crippen LogP contribution in [0.15, 0.2) is 23.2 Å². The first kappa shape index (κ1) is 24.8. The van der Waals surface area contributed by atoms with Crippen molar-refractivity contribution in [1.29, 1.82) is 0 Å². The van der Waals surface area contributed by atoms with Crippen LogP contribution in [0, 0.1) is 6.92 Å². The van der Waals surface area contributed by atoms with Crippen molar-refractivity contribution < 1.29 is 26.3 Å². The monoisotopic (exact) mass is 509 g/mol. The third kappa shape index (κ3) is 10.7. The SMILES string of the molecule is CN=C(NCCS(C)(=O)=O)NCc1ccc(C)cc1OCC(F)(F)F.I. The van der Waals surface area contributed by atoms with E-state index in [0.717, 1.165) is 11.8 Å². The van der Waals surface area contributed by atoms with Crippen LogP contribution in [0.5, 0.6) is 5.75 Å². The molecule has 150 valence electrons. The van der Waals surface area contributed by atoms with Crippen LogP contribution in [0.2, 0.25) is 0 Å². The summed E-state index contributed by atoms with van der Waals surface area (Å²) in [6.07, 6.45) is -3.29. The second-order valence-corrected chi connectivity index (χ2v) is 7.76. The molecule has 0 spiro atoms. The van der Waals surface area contributed by atoms with Crippen molar-refractivity contribution in [3.8, 4) is 5.75 Å². The Morgan fingerprint density at radius 1 is 1.27 bits per heavy atom. The normalized spacial score (nSPS) is 12.3. The van der Waals surface area contributed by atoms with Gasteiger partial charge in [-0.2, -0.15) is 13.2 Å². The van der Waals surface area contributed by atoms with E-state index < -0.39 is 22.6 Å². The Morgan fingerprint density at radius 3 is 2.46 bits per heavy atom. The number of ether oxygens (including phenoxy) is 1. The molecule has 0 amide bonds. The fourth-order valence-corrected chi connectivity index (χ4v) is 2.33. The predicted molar refractivity (Wildman–Crippen MR) is 106 cm³/mol. The van der Waals surface area contributed by atoms with Gasteiger partial charge in [0.15, 0.2) is 12.6 Å². The molecule has 0 unspecified atom stereocenters. The Hall–Kier alpha value is -1.24. The molecule has 0 aromatic heterocycles. The highest BCUT2D eigenvalue weighted by molar-refractivity contribution is 14.0. The summed E-state index contributed by atoms with van der Waals surface area (Å²) < 4.78 is 64.1. The Kier molecular flexibility index (Phi) is 10.3. The van der Waals surface area contributed by atoms with Gasteiger partial charge in [-0.05, 0) is 18.6 Å². The number of nitrogens with zero attached hydrogens (tertiary/aromatic N) is 1. The van der Waals surface area contributed by atoms with Crippen LogP contribution in [0.25, 0.3) is 0 Å². The number of aliphatic imine (C=N–C) groups is 1. The fraction of sp³-hybridized carbons (Fsp3) is 0.533. The lowest BCUT2D eigenvalue weighted by Gasteiger charge is -2.16. The van der Waals surface area contributed by atoms with Crippen molar-refractivity contribution in [1.82, 2.24) is 10.6 Å². The van der Waals surface area contributed by atoms with E-state index in [1.54, 1.807) is 19.1 Å². The smallest absolute Gasteiger partial charge is 0.422 e. The van der Waals surface area contributed by atoms with Crippen LogP contribution in [-0.4, -0.2) is 52.8 Å². The molecule has 0 heterocycles. The van der Waals surface area contributed by atoms with E-state index in [-0.39, 0.29) is 48.6 Å². The number of alkyl halides is 3. The zero-order valence-electron chi connectivity index (χ0n) is 14.7. The van der Waals surface area contributed by atoms with Gasteiger partial charge in [-0.1, -0.05) is 12.1 Å². The largest absolute Gasteiger partial charge is 0.484 e. The quantitative estimate of drug-likeness (QED) is 0.335. The number of halogens is 4. The van der Waals surface area contributed by atoms with Gasteiger partial charge in [0, 0.05) is 32.0 Å². The van der Waals surface area contributed by atoms with Gasteiger partial charge >= 0.3 is 6.18 Å². The van der Waals surface area contributed by atoms with E-state index in [1.807, 2.05) is 0 Å². The summed E-state index contributed by atoms with van der Waals surface area (Å²) in [5.74, 6) is 0.417. The summed E-state index contributed by atoms with van der Waals surface area (Å²) in [5, 5.41) is 5.73. The summed E-state index contributed by atoms with van der Waals surface area (Å²) in [4.78, 5) is 3.93. The van der Waals surface area contributed by atoms with Crippen LogP contribution in [0.3, 0.4) is 0 Å². The van der Waals surface area contributed by atoms with Gasteiger partial charge in [-0.15, -0.1) is 24.0 Å². The van der Waals surface area contributed by atoms with Gasteiger partial charge in [-0.3, -0.25) is 4.99 Å². The Balaban J connectivity index is 0.00000625. The molecule has 0 saturated carbocycles. The lowest BCUT2D eigenvalue weighted by molar-refractivity contribution is -0.153. The van der Waals surface area contributed by atoms with Crippen molar-refractivity contribution in [3.63, 3.8) is 0 Å². The van der Waals surface area contributed by atoms with Crippen molar-refractivity contribution >= 4 is 39.8 Å². The minimum atomic E-state index is -4.42. The maximum atomic E-state index is 12.4. The first-order valence-electron chi connectivity index (χ1n) is 7.41. The molecule has 0 aliphatic carbocycles. The molecule has 0 saturated heterocycles. The lowest BCUT2D eigenvalue weighted by Crippen LogP contribution is -2.39. The molecule has 1 aromatic carbocycles. The molecular weight excluding hydrogens is 486 g/mol. The van der Waals surface area contributed by atoms with Gasteiger partial charge in [-0.25, -0.2) is 8.42 Å². The minimum absolute atomic E-state index is 0. The molecule has 0 bridgehead atoms. The first-order valence-corrected chi connectivity index (χ1v) is 9.47. The number of nitrogens with one attached hydrogen (secondary N) is 2. The average molecular weight is 509 g/mol. The average Bonchev–Trinajstić information content (AvgIpc) is 2.48. The molecule has 2 N–H and O–H groups in total. The number of aryl methyl sites for hydroxylation is 1. The molecule has 0 aliphatic heterocycles. The summed E-state index contributed by atoms with van der Waals surface area (Å²) >= 11 is 0. The number of guanidine groups is 1. The second kappa shape index (κ2) is 10.8. The van der Waals surface area contributed by atoms with Crippen molar-refractivity contribution in [2.24, 2.45) is 4.99 Å². The van der Waals surface area contributed by atoms with Crippen LogP contribution >= 0.6 is 24.0 Å². The van der Waals surface area contributed by atoms with Gasteiger partial charge in [0.05, 0.1) is 5.75 Å². The van der Waals surface area contributed by atoms with Gasteiger partial charge in [0.2, 0.25) is 0 Å². The van der Waals surface area contributed by atoms with Crippen molar-refractivity contribution in [3.05, 3.63) is 29.3 Å². The Morgan fingerprint density at radius 2 is 1.92 bits per heavy atom. The summed E-state index contributed by atoms with van der Waals surface area (Å²) in [6, 6.07) is 4.96. The molecule has 26 heavy (non-hydrogen) atoms. The van der Waals surface area contributed by atoms with Gasteiger partial charge in [0.1, 0.15) is 15.6 Å². The molecule has 0 fully saturated rings. The highest BCUT2D eigenvalue weighted by atomic mass is 127. The van der Waals surface area contributed by atoms with Crippen molar-refractivity contribution in [2.75, 3.05) is 32.2 Å². The van der Waals surface area contributed by atoms with Crippen molar-refractivity contribution in [2.45, 2.75) is 19.6 Å². The van der Waals surface area contributed by atoms with Crippen LogP contribution in [0.1, 0.15) is 11.1 Å². The van der Waals surface area contributed by atoms with E-state index >= 15 is 0 Å². The highest BCUT2D eigenvalue weighted by Gasteiger charge is 2.28. The number of hydrogen-bond acceptors (Lipinski definition) is 4. The van der Waals surface area contributed by atoms with E-state index in [4.69, 9.17) is 4.74 Å². The third-order valence-corrected chi connectivity index (χ3v) is 3.99. The molecule has 1 rings (SSSR count). The highest BCUT2D eigenvalue weighted by Crippen LogP contribution is 2.23. The number of sulfone groups is 1. The predicted octanol–water partition coefficient (Wildman–Crippen LogP) is 2.26. The minimum Gasteiger partial charge on any atom is -0.484 e. The summed E-state index contributed by atoms with van der Waals surface area (Å²) in [5.41, 5.74) is 1.30. The lowest BCUT2D eigenvalue weighted by atomic mass is 10.1. The molecule has 0 atom stereocenters. The van der Waals surface area contributed by atoms with Crippen LogP contribution in [0.4, 0.5) is 13.2 Å². The Bertz CT molecular complexity index is 710. The number of hydrogen-bond donors (Lipinski definition) is 2. The third-order valence-electron chi connectivity index (χ3n) is 3.05. The second-order valence-electron chi connectivity index (χ2n) is 5.50. The standard InChI is InChI=1S/C15H22F3N3O3S.HI/c1-11-4-5-12(13(8-11)24-10-15(16,17)18)9-21-14(19-2)20-6-7-25(3,22)23;/h4-5,8H,6-7,9-10H2,1-3H3,(H2,19,20,21);1H. The zero-order valence-corrected chi connectivity index (χ0v) is 17.8. The summed E-state index contributed by atoms with van der Waals surface area (Å²) in [7, 11) is -1.59. The van der Waals surface area contributed by atoms with E-state index in [2.05, 4.69) is 15.6 Å². The van der Waals surface area contributed by atoms with Crippen LogP contribution in [-0.2, 0) is 16.4 Å². The van der Waals surface area contributed by atoms with Gasteiger partial charge < -0.3 is 15.4 Å². The maximum absolute atomic E-state index is 12.4. The molecule has 1 aromatic rings. The Labute approximate surface area is 168 Å². The number of benzene rings is 1. The van der Waals surface area contributed by atoms with E-state index in [9.17, 15) is 21.6 Å². The molecule has 6 nitrogen and oxygen atoms in total. The van der Waals surface area contributed by atoms with Crippen LogP contribution < -0.4 is 15.4 Å². The van der Waals surface area contributed by atoms with E-state index in [1.165, 1.54) is 13.1 Å².